The molecule has 1 aliphatic carbocycles. The average Bonchev–Trinajstić information content (AvgIpc) is 1.28. The van der Waals surface area contributed by atoms with Gasteiger partial charge in [-0.3, -0.25) is 0 Å². The van der Waals surface area contributed by atoms with Gasteiger partial charge in [0.25, 0.3) is 0 Å². The molecule has 0 saturated heterocycles. The van der Waals surface area contributed by atoms with Crippen molar-refractivity contribution in [2.45, 2.75) is 19.3 Å². The summed E-state index contributed by atoms with van der Waals surface area (Å²) >= 11 is 0. The van der Waals surface area contributed by atoms with Gasteiger partial charge in [-0.25, -0.2) is 0 Å². The van der Waals surface area contributed by atoms with E-state index in [0.717, 1.165) is 72.7 Å². The molecule has 0 saturated carbocycles. The van der Waals surface area contributed by atoms with Crippen molar-refractivity contribution < 1.29 is 0 Å². The van der Waals surface area contributed by atoms with Gasteiger partial charge >= 0.3 is 0 Å². The summed E-state index contributed by atoms with van der Waals surface area (Å²) in [6, 6.07) is 130. The van der Waals surface area contributed by atoms with Gasteiger partial charge < -0.3 is 14.7 Å². The van der Waals surface area contributed by atoms with Gasteiger partial charge in [0.2, 0.25) is 0 Å². The molecule has 0 N–H and O–H groups in total. The van der Waals surface area contributed by atoms with Crippen molar-refractivity contribution in [1.82, 2.24) is 0 Å². The maximum atomic E-state index is 2.60. The van der Waals surface area contributed by atoms with Crippen molar-refractivity contribution in [3.63, 3.8) is 0 Å². The van der Waals surface area contributed by atoms with Gasteiger partial charge in [0, 0.05) is 65.9 Å². The minimum Gasteiger partial charge on any atom is -0.310 e. The van der Waals surface area contributed by atoms with Crippen molar-refractivity contribution in [3.8, 4) is 11.1 Å². The van der Waals surface area contributed by atoms with E-state index in [1.165, 1.54) is 119 Å². The van der Waals surface area contributed by atoms with E-state index in [-0.39, 0.29) is 0 Å². The lowest BCUT2D eigenvalue weighted by molar-refractivity contribution is 0.661. The normalized spacial score (nSPS) is 12.7. The van der Waals surface area contributed by atoms with Gasteiger partial charge in [0.05, 0.1) is 28.4 Å². The molecule has 20 rings (SSSR count). The van der Waals surface area contributed by atoms with Crippen molar-refractivity contribution in [2.75, 3.05) is 14.7 Å². The molecule has 0 atom stereocenters. The van der Waals surface area contributed by atoms with Crippen LogP contribution in [-0.2, 0) is 5.41 Å². The van der Waals surface area contributed by atoms with Gasteiger partial charge in [0.15, 0.2) is 0 Å². The van der Waals surface area contributed by atoms with Crippen LogP contribution in [0, 0.1) is 0 Å². The van der Waals surface area contributed by atoms with Gasteiger partial charge in [-0.1, -0.05) is 244 Å². The lowest BCUT2D eigenvalue weighted by Crippen LogP contribution is -2.18. The molecule has 0 bridgehead atoms. The Balaban J connectivity index is 0.891. The Labute approximate surface area is 568 Å². The first kappa shape index (κ1) is 55.9. The van der Waals surface area contributed by atoms with Crippen LogP contribution in [0.3, 0.4) is 0 Å². The highest BCUT2D eigenvalue weighted by molar-refractivity contribution is 6.26. The summed E-state index contributed by atoms with van der Waals surface area (Å²) in [5.41, 5.74) is 14.5. The summed E-state index contributed by atoms with van der Waals surface area (Å²) in [4.78, 5) is 7.70. The number of fused-ring (bicyclic) bond motifs is 14. The highest BCUT2D eigenvalue weighted by Crippen LogP contribution is 2.58. The third kappa shape index (κ3) is 8.76. The zero-order valence-electron chi connectivity index (χ0n) is 54.3. The van der Waals surface area contributed by atoms with Crippen LogP contribution in [0.15, 0.2) is 346 Å². The van der Waals surface area contributed by atoms with E-state index in [0.29, 0.717) is 0 Å². The molecule has 98 heavy (non-hydrogen) atoms. The summed E-state index contributed by atoms with van der Waals surface area (Å²) in [7, 11) is 0. The molecule has 0 aliphatic heterocycles. The van der Waals surface area contributed by atoms with E-state index in [9.17, 15) is 0 Å². The third-order valence-corrected chi connectivity index (χ3v) is 21.3. The first-order valence-electron chi connectivity index (χ1n) is 34.1. The fourth-order valence-electron chi connectivity index (χ4n) is 16.6. The molecular weight excluding hydrogens is 1180 g/mol. The van der Waals surface area contributed by atoms with E-state index in [4.69, 9.17) is 0 Å². The van der Waals surface area contributed by atoms with E-state index in [1.54, 1.807) is 0 Å². The van der Waals surface area contributed by atoms with Crippen molar-refractivity contribution in [2.24, 2.45) is 0 Å². The summed E-state index contributed by atoms with van der Waals surface area (Å²) in [5.74, 6) is 0. The summed E-state index contributed by atoms with van der Waals surface area (Å²) in [5, 5.41) is 26.3. The van der Waals surface area contributed by atoms with E-state index >= 15 is 0 Å². The van der Waals surface area contributed by atoms with Crippen LogP contribution < -0.4 is 14.7 Å². The van der Waals surface area contributed by atoms with Gasteiger partial charge in [-0.15, -0.1) is 0 Å². The molecule has 19 aromatic rings. The predicted octanol–water partition coefficient (Wildman–Crippen LogP) is 27.1. The van der Waals surface area contributed by atoms with Gasteiger partial charge in [-0.2, -0.15) is 0 Å². The quantitative estimate of drug-likeness (QED) is 0.105. The molecule has 458 valence electrons. The number of nitrogens with zero attached hydrogens (tertiary/aromatic N) is 3. The number of benzene rings is 19. The maximum Gasteiger partial charge on any atom is 0.0620 e. The van der Waals surface area contributed by atoms with Gasteiger partial charge in [0.1, 0.15) is 0 Å². The molecular formula is C95H63N3. The standard InChI is InChI=1S/C95H63N3/c1-95(2)88-57-78(96(90-37-17-29-60-20-9-12-32-79(60)90)75-43-40-69-48-63-23-3-6-26-66(63)51-72(69)54-75)46-47-82(88)85-58-86-87(59-89(85)95)94(98(92-39-19-31-62-22-11-14-34-81(62)92)77-45-42-71-50-65-25-5-8-28-68(65)53-74(71)56-77)84-36-16-15-35-83(84)93(86)97(91-38-18-30-61-21-10-13-33-80(61)91)76-44-41-70-49-64-24-4-7-27-67(64)52-73(70)55-76/h3-59H,1-2H3. The SMILES string of the molecule is CC1(C)c2cc(N(c3ccc4cc5ccccc5cc4c3)c3cccc4ccccc34)ccc2-c2cc3c(N(c4ccc5cc6ccccc6cc5c4)c4cccc5ccccc45)c4ccccc4c(N(c4ccc5cc6ccccc6cc5c4)c4cccc5ccccc45)c3cc21. The highest BCUT2D eigenvalue weighted by Gasteiger charge is 2.39. The first-order chi connectivity index (χ1) is 48.3. The lowest BCUT2D eigenvalue weighted by Gasteiger charge is -2.34. The minimum atomic E-state index is -0.463. The Bertz CT molecular complexity index is 6560. The van der Waals surface area contributed by atoms with Crippen LogP contribution in [-0.4, -0.2) is 0 Å². The zero-order valence-corrected chi connectivity index (χ0v) is 54.3. The molecule has 0 aromatic heterocycles. The molecule has 0 amide bonds. The van der Waals surface area contributed by atoms with E-state index < -0.39 is 5.41 Å². The lowest BCUT2D eigenvalue weighted by atomic mass is 9.81. The Morgan fingerprint density at radius 2 is 0.469 bits per heavy atom. The molecule has 1 aliphatic rings. The minimum absolute atomic E-state index is 0.463. The second-order valence-electron chi connectivity index (χ2n) is 27.2. The number of rotatable bonds is 9. The molecule has 0 fully saturated rings. The fourth-order valence-corrected chi connectivity index (χ4v) is 16.6. The number of hydrogen-bond donors (Lipinski definition) is 0. The van der Waals surface area contributed by atoms with Crippen LogP contribution in [0.2, 0.25) is 0 Å². The Kier molecular flexibility index (Phi) is 12.4. The van der Waals surface area contributed by atoms with Crippen LogP contribution in [0.25, 0.3) is 130 Å². The maximum absolute atomic E-state index is 2.60. The highest BCUT2D eigenvalue weighted by atomic mass is 15.2. The van der Waals surface area contributed by atoms with Crippen molar-refractivity contribution in [1.29, 1.82) is 0 Å². The summed E-state index contributed by atoms with van der Waals surface area (Å²) in [6.07, 6.45) is 0. The van der Waals surface area contributed by atoms with Crippen molar-refractivity contribution in [3.05, 3.63) is 357 Å². The molecule has 0 spiro atoms. The zero-order chi connectivity index (χ0) is 64.7. The summed E-state index contributed by atoms with van der Waals surface area (Å²) in [6.45, 7) is 4.91. The second kappa shape index (κ2) is 21.7. The third-order valence-electron chi connectivity index (χ3n) is 21.3. The molecule has 0 unspecified atom stereocenters. The average molecular weight is 1250 g/mol. The Morgan fingerprint density at radius 3 is 0.878 bits per heavy atom. The van der Waals surface area contributed by atoms with Crippen LogP contribution in [0.5, 0.6) is 0 Å². The summed E-state index contributed by atoms with van der Waals surface area (Å²) < 4.78 is 0. The predicted molar refractivity (Wildman–Crippen MR) is 421 cm³/mol. The van der Waals surface area contributed by atoms with Crippen LogP contribution in [0.1, 0.15) is 25.0 Å². The molecule has 0 heterocycles. The Hall–Kier alpha value is -12.6. The first-order valence-corrected chi connectivity index (χ1v) is 34.1. The van der Waals surface area contributed by atoms with Crippen molar-refractivity contribution >= 4 is 170 Å². The van der Waals surface area contributed by atoms with Crippen LogP contribution in [0.4, 0.5) is 51.2 Å². The fraction of sp³-hybridized carbons (Fsp3) is 0.0316. The topological polar surface area (TPSA) is 9.72 Å². The van der Waals surface area contributed by atoms with E-state index in [2.05, 4.69) is 374 Å². The number of hydrogen-bond acceptors (Lipinski definition) is 3. The smallest absolute Gasteiger partial charge is 0.0620 e. The monoisotopic (exact) mass is 1250 g/mol. The molecule has 0 radical (unpaired) electrons. The largest absolute Gasteiger partial charge is 0.310 e. The van der Waals surface area contributed by atoms with Gasteiger partial charge in [-0.05, 0) is 218 Å². The van der Waals surface area contributed by atoms with E-state index in [1.807, 2.05) is 0 Å². The Morgan fingerprint density at radius 1 is 0.184 bits per heavy atom. The second-order valence-corrected chi connectivity index (χ2v) is 27.2. The molecule has 19 aromatic carbocycles. The molecule has 3 heteroatoms. The molecule has 3 nitrogen and oxygen atoms in total. The van der Waals surface area contributed by atoms with Crippen LogP contribution >= 0.6 is 0 Å². The number of anilines is 9.